The fourth-order valence-corrected chi connectivity index (χ4v) is 2.01. The first-order valence-corrected chi connectivity index (χ1v) is 6.67. The molecule has 0 aliphatic rings. The van der Waals surface area contributed by atoms with Gasteiger partial charge in [-0.25, -0.2) is 0 Å². The number of rotatable bonds is 4. The van der Waals surface area contributed by atoms with Gasteiger partial charge in [-0.3, -0.25) is 10.1 Å². The van der Waals surface area contributed by atoms with Crippen LogP contribution in [0.4, 0.5) is 22.7 Å². The van der Waals surface area contributed by atoms with Crippen molar-refractivity contribution in [2.24, 2.45) is 0 Å². The Hall–Kier alpha value is -3.02. The minimum absolute atomic E-state index is 0.0989. The van der Waals surface area contributed by atoms with Gasteiger partial charge in [0.05, 0.1) is 4.92 Å². The van der Waals surface area contributed by atoms with E-state index in [-0.39, 0.29) is 11.4 Å². The van der Waals surface area contributed by atoms with Gasteiger partial charge < -0.3 is 16.4 Å². The summed E-state index contributed by atoms with van der Waals surface area (Å²) in [6.07, 6.45) is 3.68. The first-order chi connectivity index (χ1) is 10.4. The molecule has 22 heavy (non-hydrogen) atoms. The molecule has 0 aromatic heterocycles. The Labute approximate surface area is 128 Å². The van der Waals surface area contributed by atoms with E-state index in [1.165, 1.54) is 12.1 Å². The van der Waals surface area contributed by atoms with Crippen LogP contribution in [0.25, 0.3) is 12.2 Å². The van der Waals surface area contributed by atoms with Crippen LogP contribution in [0.1, 0.15) is 11.1 Å². The van der Waals surface area contributed by atoms with Crippen molar-refractivity contribution in [2.75, 3.05) is 30.5 Å². The fraction of sp³-hybridized carbons (Fsp3) is 0.125. The molecular weight excluding hydrogens is 280 g/mol. The van der Waals surface area contributed by atoms with Crippen molar-refractivity contribution in [2.45, 2.75) is 0 Å². The van der Waals surface area contributed by atoms with Crippen LogP contribution >= 0.6 is 0 Å². The smallest absolute Gasteiger partial charge is 0.294 e. The van der Waals surface area contributed by atoms with Gasteiger partial charge in [-0.1, -0.05) is 24.3 Å². The number of nitro benzene ring substituents is 1. The highest BCUT2D eigenvalue weighted by Crippen LogP contribution is 2.28. The SMILES string of the molecule is CN(C)c1ccc(/C=C/c2cc(N)c([N+](=O)[O-])cc2N)cc1. The van der Waals surface area contributed by atoms with Gasteiger partial charge in [0.15, 0.2) is 0 Å². The zero-order valence-corrected chi connectivity index (χ0v) is 12.5. The second-order valence-electron chi connectivity index (χ2n) is 5.12. The maximum Gasteiger partial charge on any atom is 0.294 e. The van der Waals surface area contributed by atoms with E-state index in [0.29, 0.717) is 11.3 Å². The lowest BCUT2D eigenvalue weighted by Crippen LogP contribution is -2.07. The first kappa shape index (κ1) is 15.4. The van der Waals surface area contributed by atoms with Crippen molar-refractivity contribution in [3.05, 3.63) is 57.6 Å². The largest absolute Gasteiger partial charge is 0.398 e. The number of nitrogen functional groups attached to an aromatic ring is 2. The molecule has 2 aromatic rings. The molecule has 0 fully saturated rings. The third-order valence-electron chi connectivity index (χ3n) is 3.29. The van der Waals surface area contributed by atoms with Crippen LogP contribution in [0.5, 0.6) is 0 Å². The second kappa shape index (κ2) is 6.17. The molecule has 0 spiro atoms. The maximum atomic E-state index is 10.8. The van der Waals surface area contributed by atoms with Crippen molar-refractivity contribution >= 4 is 34.9 Å². The number of anilines is 3. The molecule has 0 radical (unpaired) electrons. The van der Waals surface area contributed by atoms with E-state index < -0.39 is 4.92 Å². The lowest BCUT2D eigenvalue weighted by atomic mass is 10.1. The number of hydrogen-bond donors (Lipinski definition) is 2. The van der Waals surface area contributed by atoms with E-state index in [1.807, 2.05) is 49.3 Å². The molecule has 0 saturated carbocycles. The molecule has 114 valence electrons. The highest BCUT2D eigenvalue weighted by Gasteiger charge is 2.13. The zero-order chi connectivity index (χ0) is 16.3. The monoisotopic (exact) mass is 298 g/mol. The summed E-state index contributed by atoms with van der Waals surface area (Å²) in [5.41, 5.74) is 14.5. The molecular formula is C16H18N4O2. The first-order valence-electron chi connectivity index (χ1n) is 6.67. The van der Waals surface area contributed by atoms with Crippen LogP contribution in [0, 0.1) is 10.1 Å². The van der Waals surface area contributed by atoms with Gasteiger partial charge in [-0.15, -0.1) is 0 Å². The van der Waals surface area contributed by atoms with Gasteiger partial charge in [-0.2, -0.15) is 0 Å². The van der Waals surface area contributed by atoms with Crippen molar-refractivity contribution in [1.82, 2.24) is 0 Å². The van der Waals surface area contributed by atoms with Crippen molar-refractivity contribution < 1.29 is 4.92 Å². The van der Waals surface area contributed by atoms with E-state index in [9.17, 15) is 10.1 Å². The van der Waals surface area contributed by atoms with E-state index in [2.05, 4.69) is 0 Å². The molecule has 2 rings (SSSR count). The summed E-state index contributed by atoms with van der Waals surface area (Å²) in [5, 5.41) is 10.8. The standard InChI is InChI=1S/C16H18N4O2/c1-19(2)13-7-4-11(5-8-13)3-6-12-9-15(18)16(20(21)22)10-14(12)17/h3-10H,17-18H2,1-2H3/b6-3+. The highest BCUT2D eigenvalue weighted by molar-refractivity contribution is 5.81. The molecule has 0 amide bonds. The summed E-state index contributed by atoms with van der Waals surface area (Å²) in [5.74, 6) is 0. The predicted molar refractivity (Wildman–Crippen MR) is 91.6 cm³/mol. The Kier molecular flexibility index (Phi) is 4.31. The van der Waals surface area contributed by atoms with Crippen molar-refractivity contribution in [3.8, 4) is 0 Å². The Balaban J connectivity index is 2.26. The van der Waals surface area contributed by atoms with Gasteiger partial charge >= 0.3 is 0 Å². The third-order valence-corrected chi connectivity index (χ3v) is 3.29. The van der Waals surface area contributed by atoms with Crippen molar-refractivity contribution in [1.29, 1.82) is 0 Å². The van der Waals surface area contributed by atoms with Gasteiger partial charge in [0, 0.05) is 31.5 Å². The molecule has 0 aliphatic heterocycles. The molecule has 4 N–H and O–H groups in total. The van der Waals surface area contributed by atoms with Crippen LogP contribution in [0.2, 0.25) is 0 Å². The van der Waals surface area contributed by atoms with E-state index in [4.69, 9.17) is 11.5 Å². The number of nitrogens with zero attached hydrogens (tertiary/aromatic N) is 2. The lowest BCUT2D eigenvalue weighted by molar-refractivity contribution is -0.383. The minimum Gasteiger partial charge on any atom is -0.398 e. The molecule has 2 aromatic carbocycles. The summed E-state index contributed by atoms with van der Waals surface area (Å²) in [6, 6.07) is 10.8. The predicted octanol–water partition coefficient (Wildman–Crippen LogP) is 3.00. The molecule has 0 saturated heterocycles. The Morgan fingerprint density at radius 1 is 1.05 bits per heavy atom. The lowest BCUT2D eigenvalue weighted by Gasteiger charge is -2.11. The summed E-state index contributed by atoms with van der Waals surface area (Å²) in [4.78, 5) is 12.3. The van der Waals surface area contributed by atoms with Crippen LogP contribution in [0.15, 0.2) is 36.4 Å². The molecule has 0 bridgehead atoms. The van der Waals surface area contributed by atoms with Gasteiger partial charge in [0.1, 0.15) is 5.69 Å². The average molecular weight is 298 g/mol. The summed E-state index contributed by atoms with van der Waals surface area (Å²) in [7, 11) is 3.95. The Morgan fingerprint density at radius 2 is 1.68 bits per heavy atom. The quantitative estimate of drug-likeness (QED) is 0.391. The summed E-state index contributed by atoms with van der Waals surface area (Å²) in [6.45, 7) is 0. The third kappa shape index (κ3) is 3.35. The zero-order valence-electron chi connectivity index (χ0n) is 12.5. The molecule has 6 nitrogen and oxygen atoms in total. The minimum atomic E-state index is -0.542. The van der Waals surface area contributed by atoms with E-state index in [0.717, 1.165) is 11.3 Å². The van der Waals surface area contributed by atoms with Gasteiger partial charge in [0.25, 0.3) is 5.69 Å². The molecule has 6 heteroatoms. The van der Waals surface area contributed by atoms with Gasteiger partial charge in [-0.05, 0) is 29.3 Å². The molecule has 0 atom stereocenters. The van der Waals surface area contributed by atoms with E-state index >= 15 is 0 Å². The molecule has 0 aliphatic carbocycles. The van der Waals surface area contributed by atoms with E-state index in [1.54, 1.807) is 6.08 Å². The number of nitro groups is 1. The number of benzene rings is 2. The topological polar surface area (TPSA) is 98.4 Å². The molecule has 0 heterocycles. The van der Waals surface area contributed by atoms with Crippen LogP contribution < -0.4 is 16.4 Å². The van der Waals surface area contributed by atoms with Crippen LogP contribution in [-0.2, 0) is 0 Å². The fourth-order valence-electron chi connectivity index (χ4n) is 2.01. The summed E-state index contributed by atoms with van der Waals surface area (Å²) < 4.78 is 0. The second-order valence-corrected chi connectivity index (χ2v) is 5.12. The average Bonchev–Trinajstić information content (AvgIpc) is 2.47. The summed E-state index contributed by atoms with van der Waals surface area (Å²) >= 11 is 0. The Morgan fingerprint density at radius 3 is 2.23 bits per heavy atom. The van der Waals surface area contributed by atoms with Crippen molar-refractivity contribution in [3.63, 3.8) is 0 Å². The normalized spacial score (nSPS) is 10.8. The number of hydrogen-bond acceptors (Lipinski definition) is 5. The molecule has 0 unspecified atom stereocenters. The number of nitrogens with two attached hydrogens (primary N) is 2. The highest BCUT2D eigenvalue weighted by atomic mass is 16.6. The van der Waals surface area contributed by atoms with Crippen LogP contribution in [0.3, 0.4) is 0 Å². The maximum absolute atomic E-state index is 10.8. The van der Waals surface area contributed by atoms with Gasteiger partial charge in [0.2, 0.25) is 0 Å². The van der Waals surface area contributed by atoms with Crippen LogP contribution in [-0.4, -0.2) is 19.0 Å². The Bertz CT molecular complexity index is 722.